The number of esters is 1. The largest absolute Gasteiger partial charge is 0.490 e. The molecule has 1 unspecified atom stereocenters. The molecule has 2 aromatic carbocycles. The van der Waals surface area contributed by atoms with Gasteiger partial charge in [-0.25, -0.2) is 4.79 Å². The van der Waals surface area contributed by atoms with Gasteiger partial charge in [-0.3, -0.25) is 4.79 Å². The van der Waals surface area contributed by atoms with Crippen LogP contribution in [0, 0.1) is 0 Å². The number of hydrogen-bond acceptors (Lipinski definition) is 5. The summed E-state index contributed by atoms with van der Waals surface area (Å²) in [4.78, 5) is 24.5. The number of epoxide rings is 1. The number of halogens is 1. The topological polar surface area (TPSA) is 77.2 Å². The van der Waals surface area contributed by atoms with Crippen molar-refractivity contribution in [2.24, 2.45) is 0 Å². The first-order valence-corrected chi connectivity index (χ1v) is 8.57. The third-order valence-corrected chi connectivity index (χ3v) is 3.92. The van der Waals surface area contributed by atoms with Crippen LogP contribution in [-0.2, 0) is 9.47 Å². The number of benzene rings is 2. The molecule has 0 aromatic heterocycles. The molecule has 1 fully saturated rings. The maximum Gasteiger partial charge on any atom is 0.341 e. The minimum Gasteiger partial charge on any atom is -0.490 e. The van der Waals surface area contributed by atoms with E-state index in [-0.39, 0.29) is 24.2 Å². The van der Waals surface area contributed by atoms with Crippen molar-refractivity contribution in [2.45, 2.75) is 13.0 Å². The van der Waals surface area contributed by atoms with E-state index in [0.29, 0.717) is 35.2 Å². The van der Waals surface area contributed by atoms with Crippen LogP contribution in [0.25, 0.3) is 0 Å². The Morgan fingerprint density at radius 3 is 2.62 bits per heavy atom. The first-order valence-electron chi connectivity index (χ1n) is 8.19. The predicted molar refractivity (Wildman–Crippen MR) is 97.0 cm³/mol. The molecule has 0 aliphatic carbocycles. The monoisotopic (exact) mass is 375 g/mol. The Hall–Kier alpha value is -2.57. The Kier molecular flexibility index (Phi) is 5.75. The number of amides is 1. The van der Waals surface area contributed by atoms with Crippen molar-refractivity contribution in [1.29, 1.82) is 0 Å². The summed E-state index contributed by atoms with van der Waals surface area (Å²) in [6, 6.07) is 11.4. The molecular weight excluding hydrogens is 358 g/mol. The molecule has 0 radical (unpaired) electrons. The molecule has 1 aliphatic heterocycles. The highest BCUT2D eigenvalue weighted by molar-refractivity contribution is 6.30. The van der Waals surface area contributed by atoms with Crippen molar-refractivity contribution in [1.82, 2.24) is 0 Å². The summed E-state index contributed by atoms with van der Waals surface area (Å²) in [5.74, 6) is -0.429. The number of ether oxygens (including phenoxy) is 3. The van der Waals surface area contributed by atoms with Crippen molar-refractivity contribution in [3.8, 4) is 5.75 Å². The van der Waals surface area contributed by atoms with Gasteiger partial charge in [0.15, 0.2) is 0 Å². The lowest BCUT2D eigenvalue weighted by molar-refractivity contribution is 0.0521. The Labute approximate surface area is 156 Å². The summed E-state index contributed by atoms with van der Waals surface area (Å²) < 4.78 is 15.8. The molecule has 1 aliphatic rings. The maximum absolute atomic E-state index is 12.3. The fourth-order valence-electron chi connectivity index (χ4n) is 2.25. The molecule has 26 heavy (non-hydrogen) atoms. The fourth-order valence-corrected chi connectivity index (χ4v) is 2.38. The van der Waals surface area contributed by atoms with E-state index in [4.69, 9.17) is 25.8 Å². The lowest BCUT2D eigenvalue weighted by atomic mass is 10.1. The Morgan fingerprint density at radius 2 is 1.96 bits per heavy atom. The second-order valence-corrected chi connectivity index (χ2v) is 6.10. The van der Waals surface area contributed by atoms with E-state index in [2.05, 4.69) is 5.32 Å². The van der Waals surface area contributed by atoms with Gasteiger partial charge >= 0.3 is 5.97 Å². The molecule has 1 amide bonds. The molecule has 136 valence electrons. The molecule has 0 spiro atoms. The van der Waals surface area contributed by atoms with Crippen LogP contribution in [0.3, 0.4) is 0 Å². The van der Waals surface area contributed by atoms with Crippen molar-refractivity contribution >= 4 is 29.2 Å². The zero-order valence-electron chi connectivity index (χ0n) is 14.2. The van der Waals surface area contributed by atoms with Gasteiger partial charge in [0.1, 0.15) is 24.0 Å². The zero-order valence-corrected chi connectivity index (χ0v) is 14.9. The quantitative estimate of drug-likeness (QED) is 0.591. The highest BCUT2D eigenvalue weighted by Crippen LogP contribution is 2.25. The fraction of sp³-hybridized carbons (Fsp3) is 0.263. The average molecular weight is 376 g/mol. The molecule has 0 saturated carbocycles. The van der Waals surface area contributed by atoms with E-state index in [1.165, 1.54) is 6.07 Å². The van der Waals surface area contributed by atoms with Crippen LogP contribution in [0.2, 0.25) is 5.02 Å². The van der Waals surface area contributed by atoms with Gasteiger partial charge in [0.25, 0.3) is 5.91 Å². The number of hydrogen-bond donors (Lipinski definition) is 1. The predicted octanol–water partition coefficient (Wildman–Crippen LogP) is 3.55. The molecule has 1 heterocycles. The summed E-state index contributed by atoms with van der Waals surface area (Å²) in [7, 11) is 0. The van der Waals surface area contributed by atoms with Crippen LogP contribution in [0.4, 0.5) is 5.69 Å². The highest BCUT2D eigenvalue weighted by Gasteiger charge is 2.24. The van der Waals surface area contributed by atoms with Gasteiger partial charge in [0.05, 0.1) is 13.2 Å². The Balaban J connectivity index is 1.77. The smallest absolute Gasteiger partial charge is 0.341 e. The molecule has 7 heteroatoms. The third-order valence-electron chi connectivity index (χ3n) is 3.67. The second kappa shape index (κ2) is 8.21. The van der Waals surface area contributed by atoms with E-state index in [9.17, 15) is 9.59 Å². The summed E-state index contributed by atoms with van der Waals surface area (Å²) in [6.07, 6.45) is 0.0642. The van der Waals surface area contributed by atoms with E-state index < -0.39 is 5.97 Å². The van der Waals surface area contributed by atoms with Gasteiger partial charge in [0.2, 0.25) is 0 Å². The first-order chi connectivity index (χ1) is 12.6. The van der Waals surface area contributed by atoms with Crippen molar-refractivity contribution in [2.75, 3.05) is 25.1 Å². The number of anilines is 1. The normalized spacial score (nSPS) is 15.2. The van der Waals surface area contributed by atoms with Gasteiger partial charge in [0, 0.05) is 16.3 Å². The van der Waals surface area contributed by atoms with Crippen LogP contribution in [0.5, 0.6) is 5.75 Å². The number of rotatable bonds is 7. The lowest BCUT2D eigenvalue weighted by Crippen LogP contribution is -2.14. The minimum absolute atomic E-state index is 0.0642. The average Bonchev–Trinajstić information content (AvgIpc) is 3.45. The molecule has 1 saturated heterocycles. The summed E-state index contributed by atoms with van der Waals surface area (Å²) in [5, 5.41) is 3.30. The van der Waals surface area contributed by atoms with Gasteiger partial charge in [-0.2, -0.15) is 0 Å². The summed E-state index contributed by atoms with van der Waals surface area (Å²) in [5.41, 5.74) is 1.17. The number of carbonyl (C=O) groups is 2. The number of nitrogens with one attached hydrogen (secondary N) is 1. The minimum atomic E-state index is -0.512. The van der Waals surface area contributed by atoms with E-state index >= 15 is 0 Å². The molecule has 3 rings (SSSR count). The summed E-state index contributed by atoms with van der Waals surface area (Å²) >= 11 is 5.83. The Morgan fingerprint density at radius 1 is 1.23 bits per heavy atom. The molecule has 2 aromatic rings. The van der Waals surface area contributed by atoms with Gasteiger partial charge in [-0.15, -0.1) is 0 Å². The van der Waals surface area contributed by atoms with Crippen molar-refractivity contribution in [3.05, 3.63) is 58.6 Å². The SMILES string of the molecule is CCOC(=O)c1cc(NC(=O)c2ccc(Cl)cc2)ccc1OCC1CO1. The van der Waals surface area contributed by atoms with Crippen LogP contribution in [-0.4, -0.2) is 37.8 Å². The van der Waals surface area contributed by atoms with Crippen molar-refractivity contribution < 1.29 is 23.8 Å². The Bertz CT molecular complexity index is 802. The molecule has 1 N–H and O–H groups in total. The number of carbonyl (C=O) groups excluding carboxylic acids is 2. The standard InChI is InChI=1S/C19H18ClNO5/c1-2-24-19(23)16-9-14(7-8-17(16)26-11-15-10-25-15)21-18(22)12-3-5-13(20)6-4-12/h3-9,15H,2,10-11H2,1H3,(H,21,22). The van der Waals surface area contributed by atoms with Gasteiger partial charge < -0.3 is 19.5 Å². The maximum atomic E-state index is 12.3. The lowest BCUT2D eigenvalue weighted by Gasteiger charge is -2.12. The highest BCUT2D eigenvalue weighted by atomic mass is 35.5. The molecule has 6 nitrogen and oxygen atoms in total. The van der Waals surface area contributed by atoms with Crippen LogP contribution in [0.1, 0.15) is 27.6 Å². The van der Waals surface area contributed by atoms with Crippen molar-refractivity contribution in [3.63, 3.8) is 0 Å². The van der Waals surface area contributed by atoms with E-state index in [1.54, 1.807) is 43.3 Å². The third kappa shape index (κ3) is 4.74. The molecule has 0 bridgehead atoms. The van der Waals surface area contributed by atoms with E-state index in [0.717, 1.165) is 0 Å². The van der Waals surface area contributed by atoms with E-state index in [1.807, 2.05) is 0 Å². The van der Waals surface area contributed by atoms with Gasteiger partial charge in [-0.05, 0) is 49.4 Å². The second-order valence-electron chi connectivity index (χ2n) is 5.66. The summed E-state index contributed by atoms with van der Waals surface area (Å²) in [6.45, 7) is 2.99. The van der Waals surface area contributed by atoms with Crippen LogP contribution < -0.4 is 10.1 Å². The van der Waals surface area contributed by atoms with Crippen LogP contribution in [0.15, 0.2) is 42.5 Å². The first kappa shape index (κ1) is 18.2. The zero-order chi connectivity index (χ0) is 18.5. The molecular formula is C19H18ClNO5. The van der Waals surface area contributed by atoms with Gasteiger partial charge in [-0.1, -0.05) is 11.6 Å². The van der Waals surface area contributed by atoms with Crippen LogP contribution >= 0.6 is 11.6 Å². The molecule has 1 atom stereocenters.